The van der Waals surface area contributed by atoms with Crippen LogP contribution >= 0.6 is 0 Å². The van der Waals surface area contributed by atoms with Crippen molar-refractivity contribution in [1.29, 1.82) is 0 Å². The van der Waals surface area contributed by atoms with E-state index in [9.17, 15) is 22.8 Å². The molecule has 0 fully saturated rings. The van der Waals surface area contributed by atoms with Gasteiger partial charge in [0.15, 0.2) is 0 Å². The van der Waals surface area contributed by atoms with E-state index in [1.54, 1.807) is 6.07 Å². The highest BCUT2D eigenvalue weighted by molar-refractivity contribution is 6.00. The first-order valence-electron chi connectivity index (χ1n) is 8.92. The van der Waals surface area contributed by atoms with Crippen molar-refractivity contribution in [2.24, 2.45) is 0 Å². The molecule has 0 aromatic heterocycles. The molecule has 0 bridgehead atoms. The number of ether oxygens (including phenoxy) is 3. The zero-order chi connectivity index (χ0) is 21.9. The number of halogens is 3. The Labute approximate surface area is 170 Å². The van der Waals surface area contributed by atoms with E-state index in [0.717, 1.165) is 11.6 Å². The molecule has 6 nitrogen and oxygen atoms in total. The summed E-state index contributed by atoms with van der Waals surface area (Å²) >= 11 is 0. The van der Waals surface area contributed by atoms with Gasteiger partial charge < -0.3 is 19.5 Å². The molecular formula is C21H18F3NO5. The molecule has 1 heterocycles. The van der Waals surface area contributed by atoms with E-state index in [0.29, 0.717) is 41.2 Å². The van der Waals surface area contributed by atoms with Crippen molar-refractivity contribution in [2.45, 2.75) is 26.3 Å². The van der Waals surface area contributed by atoms with Crippen LogP contribution in [0, 0.1) is 0 Å². The molecule has 1 aliphatic heterocycles. The Bertz CT molecular complexity index is 984. The van der Waals surface area contributed by atoms with Crippen LogP contribution < -0.4 is 14.8 Å². The predicted octanol–water partition coefficient (Wildman–Crippen LogP) is 4.37. The fraction of sp³-hybridized carbons (Fsp3) is 0.238. The highest BCUT2D eigenvalue weighted by Crippen LogP contribution is 2.43. The van der Waals surface area contributed by atoms with Crippen molar-refractivity contribution in [3.05, 3.63) is 54.1 Å². The van der Waals surface area contributed by atoms with Crippen LogP contribution in [0.15, 0.2) is 43.0 Å². The third-order valence-electron chi connectivity index (χ3n) is 4.36. The minimum Gasteiger partial charge on any atom is -0.492 e. The lowest BCUT2D eigenvalue weighted by molar-refractivity contribution is -0.274. The molecule has 3 rings (SSSR count). The molecule has 0 unspecified atom stereocenters. The van der Waals surface area contributed by atoms with Crippen LogP contribution in [0.4, 0.5) is 18.9 Å². The van der Waals surface area contributed by atoms with Crippen LogP contribution in [0.1, 0.15) is 18.1 Å². The van der Waals surface area contributed by atoms with Gasteiger partial charge in [-0.15, -0.1) is 13.2 Å². The molecule has 30 heavy (non-hydrogen) atoms. The van der Waals surface area contributed by atoms with Crippen LogP contribution in [0.2, 0.25) is 0 Å². The lowest BCUT2D eigenvalue weighted by Gasteiger charge is -2.18. The summed E-state index contributed by atoms with van der Waals surface area (Å²) in [5, 5.41) is 2.69. The van der Waals surface area contributed by atoms with E-state index in [1.807, 2.05) is 0 Å². The van der Waals surface area contributed by atoms with Crippen molar-refractivity contribution in [3.8, 4) is 22.6 Å². The van der Waals surface area contributed by atoms with Crippen molar-refractivity contribution in [1.82, 2.24) is 0 Å². The summed E-state index contributed by atoms with van der Waals surface area (Å²) in [6.45, 7) is 5.02. The van der Waals surface area contributed by atoms with Gasteiger partial charge in [0.2, 0.25) is 5.91 Å². The average molecular weight is 421 g/mol. The van der Waals surface area contributed by atoms with Crippen molar-refractivity contribution in [3.63, 3.8) is 0 Å². The minimum atomic E-state index is -4.79. The van der Waals surface area contributed by atoms with E-state index in [4.69, 9.17) is 9.47 Å². The third kappa shape index (κ3) is 4.91. The first-order chi connectivity index (χ1) is 14.2. The van der Waals surface area contributed by atoms with E-state index in [1.165, 1.54) is 31.2 Å². The lowest BCUT2D eigenvalue weighted by atomic mass is 9.95. The van der Waals surface area contributed by atoms with Gasteiger partial charge in [-0.1, -0.05) is 18.7 Å². The van der Waals surface area contributed by atoms with Gasteiger partial charge in [-0.3, -0.25) is 9.59 Å². The molecule has 2 aromatic rings. The molecule has 0 saturated carbocycles. The smallest absolute Gasteiger partial charge is 0.492 e. The zero-order valence-electron chi connectivity index (χ0n) is 16.0. The molecule has 2 aromatic carbocycles. The maximum Gasteiger partial charge on any atom is 0.573 e. The van der Waals surface area contributed by atoms with Gasteiger partial charge >= 0.3 is 12.3 Å². The van der Waals surface area contributed by atoms with Crippen molar-refractivity contribution in [2.75, 3.05) is 11.9 Å². The zero-order valence-corrected chi connectivity index (χ0v) is 16.0. The molecule has 158 valence electrons. The number of hydrogen-bond acceptors (Lipinski definition) is 5. The quantitative estimate of drug-likeness (QED) is 0.554. The number of carbonyl (C=O) groups excluding carboxylic acids is 2. The Morgan fingerprint density at radius 3 is 2.57 bits per heavy atom. The number of esters is 1. The molecule has 1 aliphatic rings. The second-order valence-corrected chi connectivity index (χ2v) is 6.40. The van der Waals surface area contributed by atoms with E-state index in [2.05, 4.69) is 16.6 Å². The molecule has 0 aliphatic carbocycles. The van der Waals surface area contributed by atoms with Gasteiger partial charge in [0, 0.05) is 35.7 Å². The normalized spacial score (nSPS) is 12.5. The maximum atomic E-state index is 12.4. The van der Waals surface area contributed by atoms with E-state index >= 15 is 0 Å². The predicted molar refractivity (Wildman–Crippen MR) is 102 cm³/mol. The second kappa shape index (κ2) is 8.48. The van der Waals surface area contributed by atoms with Gasteiger partial charge in [0.05, 0.1) is 6.61 Å². The molecule has 0 saturated heterocycles. The first-order valence-corrected chi connectivity index (χ1v) is 8.92. The van der Waals surface area contributed by atoms with Gasteiger partial charge in [-0.25, -0.2) is 0 Å². The largest absolute Gasteiger partial charge is 0.573 e. The monoisotopic (exact) mass is 421 g/mol. The molecule has 0 spiro atoms. The van der Waals surface area contributed by atoms with E-state index < -0.39 is 18.2 Å². The van der Waals surface area contributed by atoms with Crippen molar-refractivity contribution < 1.29 is 37.0 Å². The molecule has 9 heteroatoms. The fourth-order valence-corrected chi connectivity index (χ4v) is 3.13. The Balaban J connectivity index is 2.05. The second-order valence-electron chi connectivity index (χ2n) is 6.40. The third-order valence-corrected chi connectivity index (χ3v) is 4.36. The number of rotatable bonds is 6. The molecular weight excluding hydrogens is 403 g/mol. The summed E-state index contributed by atoms with van der Waals surface area (Å²) < 4.78 is 52.0. The summed E-state index contributed by atoms with van der Waals surface area (Å²) in [4.78, 5) is 23.2. The average Bonchev–Trinajstić information content (AvgIpc) is 3.15. The van der Waals surface area contributed by atoms with Crippen LogP contribution in [0.25, 0.3) is 11.1 Å². The number of fused-ring (bicyclic) bond motifs is 1. The number of benzene rings is 2. The number of hydrogen-bond donors (Lipinski definition) is 1. The molecule has 1 amide bonds. The van der Waals surface area contributed by atoms with Gasteiger partial charge in [0.1, 0.15) is 18.1 Å². The molecule has 0 radical (unpaired) electrons. The van der Waals surface area contributed by atoms with Gasteiger partial charge in [-0.05, 0) is 29.8 Å². The summed E-state index contributed by atoms with van der Waals surface area (Å²) in [5.74, 6) is -0.764. The number of amides is 1. The van der Waals surface area contributed by atoms with Gasteiger partial charge in [-0.2, -0.15) is 0 Å². The molecule has 0 atom stereocenters. The summed E-state index contributed by atoms with van der Waals surface area (Å²) in [6, 6.07) is 6.94. The van der Waals surface area contributed by atoms with Crippen molar-refractivity contribution >= 4 is 17.6 Å². The standard InChI is InChI=1S/C21H18F3NO5/c1-3-19(27)25-18-10-16(13-4-6-14(7-5-13)30-21(22,23)24)20-15(8-9-28-20)17(18)11-29-12(2)26/h3-7,10H,1,8-9,11H2,2H3,(H,25,27). The Morgan fingerprint density at radius 2 is 1.97 bits per heavy atom. The van der Waals surface area contributed by atoms with Gasteiger partial charge in [0.25, 0.3) is 0 Å². The van der Waals surface area contributed by atoms with Crippen LogP contribution in [-0.4, -0.2) is 24.8 Å². The van der Waals surface area contributed by atoms with Crippen LogP contribution in [-0.2, 0) is 27.4 Å². The number of carbonyl (C=O) groups is 2. The summed E-state index contributed by atoms with van der Waals surface area (Å²) in [6.07, 6.45) is -3.17. The number of nitrogens with one attached hydrogen (secondary N) is 1. The number of alkyl halides is 3. The van der Waals surface area contributed by atoms with E-state index in [-0.39, 0.29) is 12.4 Å². The lowest BCUT2D eigenvalue weighted by Crippen LogP contribution is -2.16. The first kappa shape index (κ1) is 21.2. The summed E-state index contributed by atoms with van der Waals surface area (Å²) in [7, 11) is 0. The topological polar surface area (TPSA) is 73.9 Å². The Kier molecular flexibility index (Phi) is 6.00. The van der Waals surface area contributed by atoms with Crippen LogP contribution in [0.3, 0.4) is 0 Å². The number of anilines is 1. The fourth-order valence-electron chi connectivity index (χ4n) is 3.13. The SMILES string of the molecule is C=CC(=O)Nc1cc(-c2ccc(OC(F)(F)F)cc2)c2c(c1COC(C)=O)CCO2. The highest BCUT2D eigenvalue weighted by Gasteiger charge is 2.31. The highest BCUT2D eigenvalue weighted by atomic mass is 19.4. The minimum absolute atomic E-state index is 0.0631. The molecule has 1 N–H and O–H groups in total. The Morgan fingerprint density at radius 1 is 1.27 bits per heavy atom. The van der Waals surface area contributed by atoms with Crippen LogP contribution in [0.5, 0.6) is 11.5 Å². The Hall–Kier alpha value is -3.49. The summed E-state index contributed by atoms with van der Waals surface area (Å²) in [5.41, 5.74) is 2.89. The maximum absolute atomic E-state index is 12.4.